The highest BCUT2D eigenvalue weighted by atomic mass is 16.6. The van der Waals surface area contributed by atoms with Crippen molar-refractivity contribution in [1.82, 2.24) is 0 Å². The summed E-state index contributed by atoms with van der Waals surface area (Å²) in [4.78, 5) is 10.7. The molecule has 5 heteroatoms. The van der Waals surface area contributed by atoms with E-state index in [0.29, 0.717) is 23.5 Å². The van der Waals surface area contributed by atoms with Gasteiger partial charge in [0.15, 0.2) is 0 Å². The molecule has 5 nitrogen and oxygen atoms in total. The van der Waals surface area contributed by atoms with Crippen molar-refractivity contribution in [2.45, 2.75) is 20.3 Å². The first-order valence-electron chi connectivity index (χ1n) is 6.05. The molecule has 0 unspecified atom stereocenters. The number of nitro groups is 1. The summed E-state index contributed by atoms with van der Waals surface area (Å²) in [6.07, 6.45) is 1.97. The van der Waals surface area contributed by atoms with Crippen LogP contribution in [-0.4, -0.2) is 19.1 Å². The maximum atomic E-state index is 11.0. The molecule has 0 radical (unpaired) electrons. The molecule has 1 aromatic carbocycles. The molecular formula is C14H19NO4. The third-order valence-electron chi connectivity index (χ3n) is 2.61. The molecule has 0 heterocycles. The smallest absolute Gasteiger partial charge is 0.247 e. The van der Waals surface area contributed by atoms with Gasteiger partial charge in [-0.2, -0.15) is 0 Å². The molecule has 0 aliphatic carbocycles. The lowest BCUT2D eigenvalue weighted by atomic mass is 10.1. The minimum Gasteiger partial charge on any atom is -0.497 e. The van der Waals surface area contributed by atoms with Gasteiger partial charge in [-0.05, 0) is 18.1 Å². The van der Waals surface area contributed by atoms with Crippen molar-refractivity contribution in [3.05, 3.63) is 39.6 Å². The van der Waals surface area contributed by atoms with E-state index in [9.17, 15) is 10.1 Å². The van der Waals surface area contributed by atoms with Gasteiger partial charge >= 0.3 is 0 Å². The zero-order valence-electron chi connectivity index (χ0n) is 11.7. The number of rotatable bonds is 6. The van der Waals surface area contributed by atoms with Crippen LogP contribution in [0.15, 0.2) is 23.9 Å². The van der Waals surface area contributed by atoms with Crippen LogP contribution in [0.3, 0.4) is 0 Å². The maximum absolute atomic E-state index is 11.0. The Morgan fingerprint density at radius 3 is 2.53 bits per heavy atom. The average molecular weight is 265 g/mol. The molecule has 0 aliphatic rings. The molecule has 0 fully saturated rings. The van der Waals surface area contributed by atoms with E-state index in [4.69, 9.17) is 9.47 Å². The Hall–Kier alpha value is -2.04. The zero-order chi connectivity index (χ0) is 14.4. The predicted molar refractivity (Wildman–Crippen MR) is 74.0 cm³/mol. The summed E-state index contributed by atoms with van der Waals surface area (Å²) in [5.41, 5.74) is 0.856. The second kappa shape index (κ2) is 6.78. The predicted octanol–water partition coefficient (Wildman–Crippen LogP) is 3.37. The van der Waals surface area contributed by atoms with Crippen LogP contribution >= 0.6 is 0 Å². The number of hydrogen-bond acceptors (Lipinski definition) is 4. The van der Waals surface area contributed by atoms with Gasteiger partial charge < -0.3 is 9.47 Å². The van der Waals surface area contributed by atoms with E-state index in [-0.39, 0.29) is 16.5 Å². The van der Waals surface area contributed by atoms with Crippen molar-refractivity contribution >= 4 is 6.08 Å². The van der Waals surface area contributed by atoms with Gasteiger partial charge in [-0.1, -0.05) is 13.8 Å². The number of allylic oxidation sites excluding steroid dienone is 1. The molecule has 0 aromatic heterocycles. The second-order valence-electron chi connectivity index (χ2n) is 4.60. The monoisotopic (exact) mass is 265 g/mol. The molecule has 0 aliphatic heterocycles. The molecule has 1 rings (SSSR count). The summed E-state index contributed by atoms with van der Waals surface area (Å²) in [5, 5.41) is 11.0. The summed E-state index contributed by atoms with van der Waals surface area (Å²) < 4.78 is 10.3. The van der Waals surface area contributed by atoms with Crippen molar-refractivity contribution in [2.24, 2.45) is 5.92 Å². The Labute approximate surface area is 113 Å². The van der Waals surface area contributed by atoms with Crippen LogP contribution in [0, 0.1) is 16.0 Å². The average Bonchev–Trinajstić information content (AvgIpc) is 2.37. The van der Waals surface area contributed by atoms with E-state index >= 15 is 0 Å². The fraction of sp³-hybridized carbons (Fsp3) is 0.429. The molecular weight excluding hydrogens is 246 g/mol. The van der Waals surface area contributed by atoms with E-state index < -0.39 is 0 Å². The third kappa shape index (κ3) is 4.28. The van der Waals surface area contributed by atoms with Crippen molar-refractivity contribution in [1.29, 1.82) is 0 Å². The Balaban J connectivity index is 3.16. The van der Waals surface area contributed by atoms with Crippen LogP contribution in [0.25, 0.3) is 6.08 Å². The lowest BCUT2D eigenvalue weighted by Gasteiger charge is -2.08. The minimum absolute atomic E-state index is 0.179. The summed E-state index contributed by atoms with van der Waals surface area (Å²) in [7, 11) is 3.09. The SMILES string of the molecule is COc1ccc(/C=C(/CC(C)C)[N+](=O)[O-])c(OC)c1. The van der Waals surface area contributed by atoms with Gasteiger partial charge in [-0.15, -0.1) is 0 Å². The van der Waals surface area contributed by atoms with Crippen LogP contribution in [0.5, 0.6) is 11.5 Å². The summed E-state index contributed by atoms with van der Waals surface area (Å²) in [5.74, 6) is 1.43. The molecule has 0 saturated carbocycles. The first kappa shape index (κ1) is 15.0. The number of methoxy groups -OCH3 is 2. The van der Waals surface area contributed by atoms with Gasteiger partial charge in [0.1, 0.15) is 11.5 Å². The van der Waals surface area contributed by atoms with Gasteiger partial charge in [-0.25, -0.2) is 0 Å². The van der Waals surface area contributed by atoms with E-state index in [1.54, 1.807) is 31.4 Å². The molecule has 0 N–H and O–H groups in total. The van der Waals surface area contributed by atoms with Crippen LogP contribution in [0.4, 0.5) is 0 Å². The van der Waals surface area contributed by atoms with Crippen LogP contribution < -0.4 is 9.47 Å². The standard InChI is InChI=1S/C14H19NO4/c1-10(2)7-12(15(16)17)8-11-5-6-13(18-3)9-14(11)19-4/h5-6,8-10H,7H2,1-4H3/b12-8-. The van der Waals surface area contributed by atoms with Crippen LogP contribution in [-0.2, 0) is 0 Å². The number of nitrogens with zero attached hydrogens (tertiary/aromatic N) is 1. The lowest BCUT2D eigenvalue weighted by Crippen LogP contribution is -2.02. The first-order chi connectivity index (χ1) is 8.97. The zero-order valence-corrected chi connectivity index (χ0v) is 11.7. The summed E-state index contributed by atoms with van der Waals surface area (Å²) in [6.45, 7) is 3.89. The first-order valence-corrected chi connectivity index (χ1v) is 6.05. The molecule has 19 heavy (non-hydrogen) atoms. The second-order valence-corrected chi connectivity index (χ2v) is 4.60. The maximum Gasteiger partial charge on any atom is 0.247 e. The Kier molecular flexibility index (Phi) is 5.36. The fourth-order valence-electron chi connectivity index (χ4n) is 1.72. The highest BCUT2D eigenvalue weighted by Gasteiger charge is 2.14. The highest BCUT2D eigenvalue weighted by molar-refractivity contribution is 5.60. The lowest BCUT2D eigenvalue weighted by molar-refractivity contribution is -0.427. The van der Waals surface area contributed by atoms with Gasteiger partial charge in [0, 0.05) is 24.1 Å². The molecule has 0 amide bonds. The third-order valence-corrected chi connectivity index (χ3v) is 2.61. The molecule has 0 atom stereocenters. The van der Waals surface area contributed by atoms with Gasteiger partial charge in [0.25, 0.3) is 0 Å². The highest BCUT2D eigenvalue weighted by Crippen LogP contribution is 2.27. The molecule has 0 saturated heterocycles. The summed E-state index contributed by atoms with van der Waals surface area (Å²) in [6, 6.07) is 5.21. The molecule has 0 bridgehead atoms. The normalized spacial score (nSPS) is 11.5. The van der Waals surface area contributed by atoms with E-state index in [2.05, 4.69) is 0 Å². The topological polar surface area (TPSA) is 61.6 Å². The van der Waals surface area contributed by atoms with E-state index in [1.807, 2.05) is 13.8 Å². The van der Waals surface area contributed by atoms with Crippen molar-refractivity contribution in [3.63, 3.8) is 0 Å². The Morgan fingerprint density at radius 1 is 1.37 bits per heavy atom. The van der Waals surface area contributed by atoms with Crippen LogP contribution in [0.1, 0.15) is 25.8 Å². The van der Waals surface area contributed by atoms with Crippen molar-refractivity contribution in [3.8, 4) is 11.5 Å². The van der Waals surface area contributed by atoms with Crippen LogP contribution in [0.2, 0.25) is 0 Å². The van der Waals surface area contributed by atoms with Gasteiger partial charge in [0.2, 0.25) is 5.70 Å². The Morgan fingerprint density at radius 2 is 2.05 bits per heavy atom. The Bertz CT molecular complexity index is 480. The van der Waals surface area contributed by atoms with Crippen molar-refractivity contribution in [2.75, 3.05) is 14.2 Å². The molecule has 1 aromatic rings. The van der Waals surface area contributed by atoms with E-state index in [0.717, 1.165) is 0 Å². The quantitative estimate of drug-likeness (QED) is 0.584. The molecule has 104 valence electrons. The fourth-order valence-corrected chi connectivity index (χ4v) is 1.72. The van der Waals surface area contributed by atoms with Crippen molar-refractivity contribution < 1.29 is 14.4 Å². The number of ether oxygens (including phenoxy) is 2. The van der Waals surface area contributed by atoms with Gasteiger partial charge in [-0.3, -0.25) is 10.1 Å². The minimum atomic E-state index is -0.344. The summed E-state index contributed by atoms with van der Waals surface area (Å²) >= 11 is 0. The molecule has 0 spiro atoms. The number of benzene rings is 1. The van der Waals surface area contributed by atoms with E-state index in [1.165, 1.54) is 7.11 Å². The number of hydrogen-bond donors (Lipinski definition) is 0. The van der Waals surface area contributed by atoms with Gasteiger partial charge in [0.05, 0.1) is 19.1 Å². The largest absolute Gasteiger partial charge is 0.497 e.